The second-order valence-electron chi connectivity index (χ2n) is 3.90. The topological polar surface area (TPSA) is 43.1 Å². The van der Waals surface area contributed by atoms with E-state index in [2.05, 4.69) is 15.9 Å². The average molecular weight is 290 g/mol. The number of hydrogen-bond donors (Lipinski definition) is 1. The van der Waals surface area contributed by atoms with Crippen molar-refractivity contribution in [3.63, 3.8) is 0 Å². The van der Waals surface area contributed by atoms with Gasteiger partial charge < -0.3 is 5.73 Å². The van der Waals surface area contributed by atoms with Crippen LogP contribution in [0.3, 0.4) is 0 Å². The lowest BCUT2D eigenvalue weighted by Gasteiger charge is -2.07. The average Bonchev–Trinajstić information content (AvgIpc) is 2.32. The molecule has 86 valence electrons. The zero-order valence-electron chi connectivity index (χ0n) is 9.41. The number of nitrogen functional groups attached to an aromatic ring is 1. The molecule has 0 aliphatic rings. The molecule has 2 aromatic rings. The van der Waals surface area contributed by atoms with Gasteiger partial charge in [0, 0.05) is 21.3 Å². The minimum absolute atomic E-state index is 0.0568. The second kappa shape index (κ2) is 4.72. The van der Waals surface area contributed by atoms with Crippen LogP contribution >= 0.6 is 15.9 Å². The van der Waals surface area contributed by atoms with Gasteiger partial charge in [-0.1, -0.05) is 39.7 Å². The van der Waals surface area contributed by atoms with E-state index in [0.29, 0.717) is 16.8 Å². The van der Waals surface area contributed by atoms with E-state index in [9.17, 15) is 4.79 Å². The van der Waals surface area contributed by atoms with Crippen molar-refractivity contribution in [2.24, 2.45) is 0 Å². The molecule has 2 aromatic carbocycles. The van der Waals surface area contributed by atoms with Crippen molar-refractivity contribution >= 4 is 27.4 Å². The van der Waals surface area contributed by atoms with Crippen LogP contribution in [-0.4, -0.2) is 5.78 Å². The Labute approximate surface area is 109 Å². The molecule has 0 aliphatic heterocycles. The summed E-state index contributed by atoms with van der Waals surface area (Å²) in [5, 5.41) is 0. The Morgan fingerprint density at radius 3 is 2.53 bits per heavy atom. The molecule has 0 aliphatic carbocycles. The summed E-state index contributed by atoms with van der Waals surface area (Å²) >= 11 is 3.38. The molecule has 2 nitrogen and oxygen atoms in total. The Morgan fingerprint density at radius 1 is 1.12 bits per heavy atom. The van der Waals surface area contributed by atoms with Gasteiger partial charge in [-0.05, 0) is 31.2 Å². The molecule has 17 heavy (non-hydrogen) atoms. The van der Waals surface area contributed by atoms with Crippen molar-refractivity contribution in [3.05, 3.63) is 63.6 Å². The number of halogens is 1. The molecule has 0 spiro atoms. The fraction of sp³-hybridized carbons (Fsp3) is 0.0714. The van der Waals surface area contributed by atoms with E-state index in [1.54, 1.807) is 12.1 Å². The highest BCUT2D eigenvalue weighted by Crippen LogP contribution is 2.23. The van der Waals surface area contributed by atoms with E-state index in [0.717, 1.165) is 10.0 Å². The van der Waals surface area contributed by atoms with Crippen LogP contribution in [-0.2, 0) is 0 Å². The van der Waals surface area contributed by atoms with Crippen LogP contribution in [0.25, 0.3) is 0 Å². The standard InChI is InChI=1S/C14H12BrNO/c1-9-6-7-13(16)11(8-9)14(17)10-4-2-3-5-12(10)15/h2-8H,16H2,1H3. The molecule has 0 atom stereocenters. The number of carbonyl (C=O) groups excluding carboxylic acids is 1. The minimum Gasteiger partial charge on any atom is -0.398 e. The summed E-state index contributed by atoms with van der Waals surface area (Å²) in [6.07, 6.45) is 0. The molecular formula is C14H12BrNO. The predicted octanol–water partition coefficient (Wildman–Crippen LogP) is 3.57. The van der Waals surface area contributed by atoms with Crippen molar-refractivity contribution in [1.29, 1.82) is 0 Å². The first-order valence-corrected chi connectivity index (χ1v) is 6.04. The van der Waals surface area contributed by atoms with Crippen molar-refractivity contribution in [1.82, 2.24) is 0 Å². The largest absolute Gasteiger partial charge is 0.398 e. The molecule has 0 bridgehead atoms. The minimum atomic E-state index is -0.0568. The fourth-order valence-electron chi connectivity index (χ4n) is 1.66. The molecule has 0 radical (unpaired) electrons. The number of benzene rings is 2. The van der Waals surface area contributed by atoms with Crippen LogP contribution in [0.4, 0.5) is 5.69 Å². The molecule has 2 rings (SSSR count). The zero-order valence-corrected chi connectivity index (χ0v) is 11.0. The quantitative estimate of drug-likeness (QED) is 0.678. The molecule has 3 heteroatoms. The van der Waals surface area contributed by atoms with E-state index in [1.807, 2.05) is 37.3 Å². The van der Waals surface area contributed by atoms with Crippen LogP contribution in [0.1, 0.15) is 21.5 Å². The normalized spacial score (nSPS) is 10.2. The van der Waals surface area contributed by atoms with Crippen LogP contribution in [0.5, 0.6) is 0 Å². The molecule has 0 fully saturated rings. The van der Waals surface area contributed by atoms with E-state index >= 15 is 0 Å². The SMILES string of the molecule is Cc1ccc(N)c(C(=O)c2ccccc2Br)c1. The summed E-state index contributed by atoms with van der Waals surface area (Å²) < 4.78 is 0.783. The highest BCUT2D eigenvalue weighted by Gasteiger charge is 2.14. The fourth-order valence-corrected chi connectivity index (χ4v) is 2.12. The Bertz CT molecular complexity index is 578. The molecule has 0 saturated carbocycles. The number of anilines is 1. The second-order valence-corrected chi connectivity index (χ2v) is 4.75. The highest BCUT2D eigenvalue weighted by molar-refractivity contribution is 9.10. The predicted molar refractivity (Wildman–Crippen MR) is 73.2 cm³/mol. The lowest BCUT2D eigenvalue weighted by Crippen LogP contribution is -2.06. The van der Waals surface area contributed by atoms with Crippen molar-refractivity contribution in [2.45, 2.75) is 6.92 Å². The Kier molecular flexibility index (Phi) is 3.29. The van der Waals surface area contributed by atoms with Gasteiger partial charge in [0.25, 0.3) is 0 Å². The number of aryl methyl sites for hydroxylation is 1. The molecule has 0 amide bonds. The maximum Gasteiger partial charge on any atom is 0.196 e. The van der Waals surface area contributed by atoms with Gasteiger partial charge in [0.1, 0.15) is 0 Å². The van der Waals surface area contributed by atoms with Crippen LogP contribution in [0.15, 0.2) is 46.9 Å². The summed E-state index contributed by atoms with van der Waals surface area (Å²) in [4.78, 5) is 12.3. The van der Waals surface area contributed by atoms with Gasteiger partial charge in [0.05, 0.1) is 0 Å². The third-order valence-electron chi connectivity index (χ3n) is 2.57. The van der Waals surface area contributed by atoms with Gasteiger partial charge in [-0.2, -0.15) is 0 Å². The van der Waals surface area contributed by atoms with Gasteiger partial charge >= 0.3 is 0 Å². The number of nitrogens with two attached hydrogens (primary N) is 1. The molecule has 2 N–H and O–H groups in total. The Balaban J connectivity index is 2.51. The first-order chi connectivity index (χ1) is 8.09. The molecule has 0 aromatic heterocycles. The smallest absolute Gasteiger partial charge is 0.196 e. The first-order valence-electron chi connectivity index (χ1n) is 5.25. The Morgan fingerprint density at radius 2 is 1.82 bits per heavy atom. The van der Waals surface area contributed by atoms with Gasteiger partial charge in [-0.25, -0.2) is 0 Å². The van der Waals surface area contributed by atoms with Gasteiger partial charge in [0.2, 0.25) is 0 Å². The summed E-state index contributed by atoms with van der Waals surface area (Å²) in [7, 11) is 0. The Hall–Kier alpha value is -1.61. The van der Waals surface area contributed by atoms with Gasteiger partial charge in [-0.3, -0.25) is 4.79 Å². The molecule has 0 saturated heterocycles. The summed E-state index contributed by atoms with van der Waals surface area (Å²) in [6, 6.07) is 12.8. The summed E-state index contributed by atoms with van der Waals surface area (Å²) in [6.45, 7) is 1.94. The van der Waals surface area contributed by atoms with Crippen molar-refractivity contribution in [2.75, 3.05) is 5.73 Å². The third kappa shape index (κ3) is 2.39. The third-order valence-corrected chi connectivity index (χ3v) is 3.26. The first kappa shape index (κ1) is 11.9. The lowest BCUT2D eigenvalue weighted by molar-refractivity contribution is 0.103. The van der Waals surface area contributed by atoms with Gasteiger partial charge in [-0.15, -0.1) is 0 Å². The van der Waals surface area contributed by atoms with E-state index in [4.69, 9.17) is 5.73 Å². The van der Waals surface area contributed by atoms with E-state index in [1.165, 1.54) is 0 Å². The van der Waals surface area contributed by atoms with Gasteiger partial charge in [0.15, 0.2) is 5.78 Å². The molecule has 0 unspecified atom stereocenters. The summed E-state index contributed by atoms with van der Waals surface area (Å²) in [5.74, 6) is -0.0568. The van der Waals surface area contributed by atoms with Crippen molar-refractivity contribution in [3.8, 4) is 0 Å². The monoisotopic (exact) mass is 289 g/mol. The molecule has 0 heterocycles. The summed E-state index contributed by atoms with van der Waals surface area (Å²) in [5.41, 5.74) is 8.56. The van der Waals surface area contributed by atoms with Crippen LogP contribution in [0, 0.1) is 6.92 Å². The number of hydrogen-bond acceptors (Lipinski definition) is 2. The number of rotatable bonds is 2. The highest BCUT2D eigenvalue weighted by atomic mass is 79.9. The van der Waals surface area contributed by atoms with Crippen LogP contribution in [0.2, 0.25) is 0 Å². The number of ketones is 1. The maximum atomic E-state index is 12.3. The molecular weight excluding hydrogens is 278 g/mol. The van der Waals surface area contributed by atoms with Crippen LogP contribution < -0.4 is 5.73 Å². The maximum absolute atomic E-state index is 12.3. The van der Waals surface area contributed by atoms with Crippen molar-refractivity contribution < 1.29 is 4.79 Å². The lowest BCUT2D eigenvalue weighted by atomic mass is 10.00. The van der Waals surface area contributed by atoms with E-state index in [-0.39, 0.29) is 5.78 Å². The number of carbonyl (C=O) groups is 1. The van der Waals surface area contributed by atoms with E-state index < -0.39 is 0 Å². The zero-order chi connectivity index (χ0) is 12.4.